The van der Waals surface area contributed by atoms with Gasteiger partial charge < -0.3 is 15.0 Å². The molecule has 0 aliphatic carbocycles. The molecule has 0 saturated carbocycles. The Kier molecular flexibility index (Phi) is 6.90. The lowest BCUT2D eigenvalue weighted by molar-refractivity contribution is 0.404. The molecule has 1 aromatic carbocycles. The number of hydrogen-bond acceptors (Lipinski definition) is 3. The zero-order chi connectivity index (χ0) is 15.8. The predicted octanol–water partition coefficient (Wildman–Crippen LogP) is 2.64. The number of rotatable bonds is 5. The molecule has 1 heterocycles. The second-order valence-electron chi connectivity index (χ2n) is 5.38. The third-order valence-corrected chi connectivity index (χ3v) is 5.35. The van der Waals surface area contributed by atoms with Crippen molar-refractivity contribution in [2.24, 2.45) is 4.99 Å². The van der Waals surface area contributed by atoms with Crippen LogP contribution in [0.3, 0.4) is 0 Å². The van der Waals surface area contributed by atoms with E-state index in [1.165, 1.54) is 17.7 Å². The van der Waals surface area contributed by atoms with E-state index in [0.717, 1.165) is 43.0 Å². The molecule has 22 heavy (non-hydrogen) atoms. The third-order valence-electron chi connectivity index (χ3n) is 3.98. The Morgan fingerprint density at radius 1 is 1.45 bits per heavy atom. The molecule has 0 spiro atoms. The summed E-state index contributed by atoms with van der Waals surface area (Å²) in [4.78, 5) is 6.83. The van der Waals surface area contributed by atoms with Crippen molar-refractivity contribution in [1.82, 2.24) is 10.2 Å². The van der Waals surface area contributed by atoms with E-state index in [0.29, 0.717) is 0 Å². The SMILES string of the molecule is CCC1CN(C(=NC)NCCc2ccccc2OC)CCS1. The van der Waals surface area contributed by atoms with Crippen LogP contribution in [0.2, 0.25) is 0 Å². The summed E-state index contributed by atoms with van der Waals surface area (Å²) in [5.41, 5.74) is 1.23. The van der Waals surface area contributed by atoms with Gasteiger partial charge in [-0.05, 0) is 24.5 Å². The summed E-state index contributed by atoms with van der Waals surface area (Å²) in [6.45, 7) is 5.30. The molecule has 2 rings (SSSR count). The van der Waals surface area contributed by atoms with Gasteiger partial charge in [0, 0.05) is 37.7 Å². The van der Waals surface area contributed by atoms with E-state index < -0.39 is 0 Å². The molecule has 0 aromatic heterocycles. The Labute approximate surface area is 138 Å². The van der Waals surface area contributed by atoms with E-state index in [4.69, 9.17) is 4.74 Å². The van der Waals surface area contributed by atoms with Crippen LogP contribution in [0, 0.1) is 0 Å². The summed E-state index contributed by atoms with van der Waals surface area (Å²) in [7, 11) is 3.59. The van der Waals surface area contributed by atoms with Crippen LogP contribution in [0.4, 0.5) is 0 Å². The summed E-state index contributed by atoms with van der Waals surface area (Å²) in [5.74, 6) is 3.17. The van der Waals surface area contributed by atoms with Gasteiger partial charge in [0.15, 0.2) is 5.96 Å². The second kappa shape index (κ2) is 8.93. The van der Waals surface area contributed by atoms with Gasteiger partial charge in [-0.2, -0.15) is 11.8 Å². The summed E-state index contributed by atoms with van der Waals surface area (Å²) in [5, 5.41) is 4.22. The second-order valence-corrected chi connectivity index (χ2v) is 6.79. The molecule has 1 saturated heterocycles. The molecule has 5 heteroatoms. The molecule has 1 atom stereocenters. The zero-order valence-electron chi connectivity index (χ0n) is 13.8. The Morgan fingerprint density at radius 2 is 2.27 bits per heavy atom. The van der Waals surface area contributed by atoms with Gasteiger partial charge in [-0.25, -0.2) is 0 Å². The number of guanidine groups is 1. The average Bonchev–Trinajstić information content (AvgIpc) is 2.59. The predicted molar refractivity (Wildman–Crippen MR) is 96.2 cm³/mol. The molecular formula is C17H27N3OS. The van der Waals surface area contributed by atoms with E-state index in [2.05, 4.69) is 46.0 Å². The van der Waals surface area contributed by atoms with E-state index in [-0.39, 0.29) is 0 Å². The monoisotopic (exact) mass is 321 g/mol. The number of nitrogens with one attached hydrogen (secondary N) is 1. The van der Waals surface area contributed by atoms with Crippen molar-refractivity contribution in [1.29, 1.82) is 0 Å². The Bertz CT molecular complexity index is 493. The quantitative estimate of drug-likeness (QED) is 0.668. The van der Waals surface area contributed by atoms with Crippen LogP contribution < -0.4 is 10.1 Å². The summed E-state index contributed by atoms with van der Waals surface area (Å²) < 4.78 is 5.40. The number of benzene rings is 1. The molecule has 4 nitrogen and oxygen atoms in total. The molecule has 1 aliphatic heterocycles. The first-order valence-corrected chi connectivity index (χ1v) is 9.02. The van der Waals surface area contributed by atoms with Crippen molar-refractivity contribution in [3.63, 3.8) is 0 Å². The van der Waals surface area contributed by atoms with Gasteiger partial charge in [-0.1, -0.05) is 25.1 Å². The largest absolute Gasteiger partial charge is 0.496 e. The van der Waals surface area contributed by atoms with E-state index in [1.54, 1.807) is 7.11 Å². The minimum absolute atomic E-state index is 0.724. The van der Waals surface area contributed by atoms with Crippen molar-refractivity contribution in [3.05, 3.63) is 29.8 Å². The molecule has 1 N–H and O–H groups in total. The van der Waals surface area contributed by atoms with Crippen LogP contribution in [-0.2, 0) is 6.42 Å². The molecule has 1 aliphatic rings. The first-order chi connectivity index (χ1) is 10.8. The number of para-hydroxylation sites is 1. The third kappa shape index (κ3) is 4.57. The van der Waals surface area contributed by atoms with Crippen molar-refractivity contribution in [2.75, 3.05) is 39.5 Å². The molecule has 0 amide bonds. The van der Waals surface area contributed by atoms with Crippen molar-refractivity contribution < 1.29 is 4.74 Å². The highest BCUT2D eigenvalue weighted by Gasteiger charge is 2.21. The van der Waals surface area contributed by atoms with Crippen molar-refractivity contribution in [2.45, 2.75) is 25.0 Å². The highest BCUT2D eigenvalue weighted by molar-refractivity contribution is 8.00. The van der Waals surface area contributed by atoms with Crippen LogP contribution in [0.5, 0.6) is 5.75 Å². The molecular weight excluding hydrogens is 294 g/mol. The highest BCUT2D eigenvalue weighted by Crippen LogP contribution is 2.21. The molecule has 1 unspecified atom stereocenters. The first-order valence-electron chi connectivity index (χ1n) is 7.97. The fourth-order valence-corrected chi connectivity index (χ4v) is 3.89. The lowest BCUT2D eigenvalue weighted by atomic mass is 10.1. The number of aliphatic imine (C=N–C) groups is 1. The number of ether oxygens (including phenoxy) is 1. The van der Waals surface area contributed by atoms with Gasteiger partial charge in [0.2, 0.25) is 0 Å². The van der Waals surface area contributed by atoms with Crippen LogP contribution in [0.1, 0.15) is 18.9 Å². The fourth-order valence-electron chi connectivity index (χ4n) is 2.71. The minimum Gasteiger partial charge on any atom is -0.496 e. The van der Waals surface area contributed by atoms with Crippen LogP contribution in [0.25, 0.3) is 0 Å². The normalized spacial score (nSPS) is 19.1. The highest BCUT2D eigenvalue weighted by atomic mass is 32.2. The van der Waals surface area contributed by atoms with Crippen LogP contribution >= 0.6 is 11.8 Å². The number of nitrogens with zero attached hydrogens (tertiary/aromatic N) is 2. The van der Waals surface area contributed by atoms with Gasteiger partial charge in [0.25, 0.3) is 0 Å². The number of hydrogen-bond donors (Lipinski definition) is 1. The Hall–Kier alpha value is -1.36. The van der Waals surface area contributed by atoms with Crippen molar-refractivity contribution in [3.8, 4) is 5.75 Å². The van der Waals surface area contributed by atoms with E-state index in [9.17, 15) is 0 Å². The number of methoxy groups -OCH3 is 1. The minimum atomic E-state index is 0.724. The van der Waals surface area contributed by atoms with Gasteiger partial charge in [-0.3, -0.25) is 4.99 Å². The van der Waals surface area contributed by atoms with Crippen LogP contribution in [0.15, 0.2) is 29.3 Å². The maximum atomic E-state index is 5.40. The fraction of sp³-hybridized carbons (Fsp3) is 0.588. The molecule has 0 radical (unpaired) electrons. The Balaban J connectivity index is 1.86. The summed E-state index contributed by atoms with van der Waals surface area (Å²) in [6.07, 6.45) is 2.15. The van der Waals surface area contributed by atoms with Gasteiger partial charge >= 0.3 is 0 Å². The van der Waals surface area contributed by atoms with Crippen molar-refractivity contribution >= 4 is 17.7 Å². The van der Waals surface area contributed by atoms with Gasteiger partial charge in [0.1, 0.15) is 5.75 Å². The molecule has 0 bridgehead atoms. The average molecular weight is 321 g/mol. The van der Waals surface area contributed by atoms with E-state index >= 15 is 0 Å². The summed E-state index contributed by atoms with van der Waals surface area (Å²) in [6, 6.07) is 8.19. The zero-order valence-corrected chi connectivity index (χ0v) is 14.7. The summed E-state index contributed by atoms with van der Waals surface area (Å²) >= 11 is 2.08. The first kappa shape index (κ1) is 17.0. The topological polar surface area (TPSA) is 36.9 Å². The lowest BCUT2D eigenvalue weighted by Crippen LogP contribution is -2.48. The molecule has 122 valence electrons. The Morgan fingerprint density at radius 3 is 3.00 bits per heavy atom. The number of thioether (sulfide) groups is 1. The molecule has 1 aromatic rings. The maximum Gasteiger partial charge on any atom is 0.193 e. The van der Waals surface area contributed by atoms with Gasteiger partial charge in [0.05, 0.1) is 7.11 Å². The smallest absolute Gasteiger partial charge is 0.193 e. The van der Waals surface area contributed by atoms with Crippen LogP contribution in [-0.4, -0.2) is 55.7 Å². The standard InChI is InChI=1S/C17H27N3OS/c1-4-15-13-20(11-12-22-15)17(18-2)19-10-9-14-7-5-6-8-16(14)21-3/h5-8,15H,4,9-13H2,1-3H3,(H,18,19). The maximum absolute atomic E-state index is 5.40. The van der Waals surface area contributed by atoms with Gasteiger partial charge in [-0.15, -0.1) is 0 Å². The van der Waals surface area contributed by atoms with E-state index in [1.807, 2.05) is 19.2 Å². The lowest BCUT2D eigenvalue weighted by Gasteiger charge is -2.34. The molecule has 1 fully saturated rings.